The molecule has 0 amide bonds. The molecular formula is C18H9FN4O3S. The Bertz CT molecular complexity index is 1320. The molecular weight excluding hydrogens is 371 g/mol. The monoisotopic (exact) mass is 380 g/mol. The van der Waals surface area contributed by atoms with Gasteiger partial charge in [-0.2, -0.15) is 5.26 Å². The highest BCUT2D eigenvalue weighted by atomic mass is 32.1. The number of aromatic amines is 2. The van der Waals surface area contributed by atoms with Crippen LogP contribution in [0, 0.1) is 17.1 Å². The van der Waals surface area contributed by atoms with Crippen molar-refractivity contribution in [1.29, 1.82) is 5.26 Å². The van der Waals surface area contributed by atoms with E-state index in [2.05, 4.69) is 15.0 Å². The lowest BCUT2D eigenvalue weighted by atomic mass is 10.1. The topological polar surface area (TPSA) is 112 Å². The summed E-state index contributed by atoms with van der Waals surface area (Å²) in [5, 5.41) is 9.90. The highest BCUT2D eigenvalue weighted by molar-refractivity contribution is 7.21. The van der Waals surface area contributed by atoms with E-state index >= 15 is 0 Å². The van der Waals surface area contributed by atoms with Gasteiger partial charge < -0.3 is 4.74 Å². The lowest BCUT2D eigenvalue weighted by Gasteiger charge is -2.08. The second kappa shape index (κ2) is 6.51. The van der Waals surface area contributed by atoms with Crippen molar-refractivity contribution in [1.82, 2.24) is 15.0 Å². The molecule has 0 saturated carbocycles. The van der Waals surface area contributed by atoms with Crippen molar-refractivity contribution < 1.29 is 9.13 Å². The number of H-pyrrole nitrogens is 2. The van der Waals surface area contributed by atoms with Crippen LogP contribution in [0.2, 0.25) is 0 Å². The van der Waals surface area contributed by atoms with Crippen LogP contribution in [0.1, 0.15) is 5.56 Å². The summed E-state index contributed by atoms with van der Waals surface area (Å²) in [6.45, 7) is 0. The SMILES string of the molecule is N#Cc1cc(-c2nc3c(=O)[nH]c(=O)[nH]c3s2)ccc1Oc1ccc(F)cc1. The predicted octanol–water partition coefficient (Wildman–Crippen LogP) is 3.14. The van der Waals surface area contributed by atoms with Crippen LogP contribution in [0.25, 0.3) is 20.9 Å². The van der Waals surface area contributed by atoms with Crippen molar-refractivity contribution in [2.24, 2.45) is 0 Å². The van der Waals surface area contributed by atoms with Gasteiger partial charge in [-0.25, -0.2) is 14.2 Å². The summed E-state index contributed by atoms with van der Waals surface area (Å²) in [6.07, 6.45) is 0. The maximum absolute atomic E-state index is 13.0. The number of aromatic nitrogens is 3. The molecule has 132 valence electrons. The standard InChI is InChI=1S/C18H9FN4O3S/c19-11-2-4-12(5-3-11)26-13-6-1-9(7-10(13)8-20)16-21-14-15(24)22-18(25)23-17(14)27-16/h1-7H,(H2,22,23,24,25). The molecule has 0 atom stereocenters. The van der Waals surface area contributed by atoms with Crippen molar-refractivity contribution in [2.75, 3.05) is 0 Å². The van der Waals surface area contributed by atoms with E-state index in [1.807, 2.05) is 6.07 Å². The quantitative estimate of drug-likeness (QED) is 0.567. The third kappa shape index (κ3) is 3.21. The van der Waals surface area contributed by atoms with Gasteiger partial charge >= 0.3 is 5.69 Å². The van der Waals surface area contributed by atoms with Crippen molar-refractivity contribution >= 4 is 21.7 Å². The number of nitriles is 1. The van der Waals surface area contributed by atoms with Crippen LogP contribution in [0.5, 0.6) is 11.5 Å². The molecule has 0 fully saturated rings. The molecule has 9 heteroatoms. The van der Waals surface area contributed by atoms with Crippen LogP contribution >= 0.6 is 11.3 Å². The van der Waals surface area contributed by atoms with E-state index in [0.29, 0.717) is 26.9 Å². The van der Waals surface area contributed by atoms with E-state index < -0.39 is 11.2 Å². The largest absolute Gasteiger partial charge is 0.456 e. The van der Waals surface area contributed by atoms with Gasteiger partial charge in [-0.05, 0) is 42.5 Å². The minimum atomic E-state index is -0.608. The molecule has 4 aromatic rings. The van der Waals surface area contributed by atoms with Gasteiger partial charge in [0.05, 0.1) is 5.56 Å². The fourth-order valence-corrected chi connectivity index (χ4v) is 3.40. The summed E-state index contributed by atoms with van der Waals surface area (Å²) in [6, 6.07) is 12.3. The molecule has 2 heterocycles. The lowest BCUT2D eigenvalue weighted by Crippen LogP contribution is -2.21. The van der Waals surface area contributed by atoms with Crippen molar-refractivity contribution in [3.63, 3.8) is 0 Å². The van der Waals surface area contributed by atoms with Gasteiger partial charge in [-0.15, -0.1) is 0 Å². The molecule has 4 rings (SSSR count). The number of hydrogen-bond donors (Lipinski definition) is 2. The van der Waals surface area contributed by atoms with Crippen LogP contribution in [0.4, 0.5) is 4.39 Å². The summed E-state index contributed by atoms with van der Waals surface area (Å²) < 4.78 is 18.6. The average molecular weight is 380 g/mol. The summed E-state index contributed by atoms with van der Waals surface area (Å²) >= 11 is 1.13. The zero-order valence-electron chi connectivity index (χ0n) is 13.4. The van der Waals surface area contributed by atoms with Gasteiger partial charge in [-0.1, -0.05) is 11.3 Å². The lowest BCUT2D eigenvalue weighted by molar-refractivity contribution is 0.479. The number of hydrogen-bond acceptors (Lipinski definition) is 6. The highest BCUT2D eigenvalue weighted by Gasteiger charge is 2.13. The van der Waals surface area contributed by atoms with Crippen LogP contribution in [-0.4, -0.2) is 15.0 Å². The number of halogens is 1. The minimum Gasteiger partial charge on any atom is -0.456 e. The summed E-state index contributed by atoms with van der Waals surface area (Å²) in [5.74, 6) is 0.312. The Hall–Kier alpha value is -3.77. The Morgan fingerprint density at radius 2 is 1.89 bits per heavy atom. The van der Waals surface area contributed by atoms with E-state index in [-0.39, 0.29) is 16.9 Å². The molecule has 0 saturated heterocycles. The average Bonchev–Trinajstić information content (AvgIpc) is 3.08. The molecule has 2 aromatic heterocycles. The Morgan fingerprint density at radius 3 is 2.63 bits per heavy atom. The predicted molar refractivity (Wildman–Crippen MR) is 97.5 cm³/mol. The number of fused-ring (bicyclic) bond motifs is 1. The minimum absolute atomic E-state index is 0.125. The number of nitrogens with zero attached hydrogens (tertiary/aromatic N) is 2. The third-order valence-corrected chi connectivity index (χ3v) is 4.70. The first kappa shape index (κ1) is 16.7. The van der Waals surface area contributed by atoms with Gasteiger partial charge in [0.2, 0.25) is 0 Å². The van der Waals surface area contributed by atoms with Gasteiger partial charge in [0.1, 0.15) is 33.2 Å². The smallest absolute Gasteiger partial charge is 0.326 e. The Labute approximate surface area is 154 Å². The molecule has 0 unspecified atom stereocenters. The van der Waals surface area contributed by atoms with Crippen LogP contribution in [0.15, 0.2) is 52.1 Å². The van der Waals surface area contributed by atoms with E-state index in [4.69, 9.17) is 4.74 Å². The maximum Gasteiger partial charge on any atom is 0.326 e. The van der Waals surface area contributed by atoms with E-state index in [9.17, 15) is 19.2 Å². The second-order valence-corrected chi connectivity index (χ2v) is 6.48. The van der Waals surface area contributed by atoms with Crippen LogP contribution in [0.3, 0.4) is 0 Å². The van der Waals surface area contributed by atoms with Crippen molar-refractivity contribution in [3.05, 3.63) is 74.7 Å². The van der Waals surface area contributed by atoms with Crippen LogP contribution < -0.4 is 16.0 Å². The van der Waals surface area contributed by atoms with Gasteiger partial charge in [0.15, 0.2) is 5.52 Å². The molecule has 7 nitrogen and oxygen atoms in total. The summed E-state index contributed by atoms with van der Waals surface area (Å²) in [4.78, 5) is 32.4. The number of rotatable bonds is 3. The molecule has 0 aliphatic heterocycles. The Balaban J connectivity index is 1.74. The maximum atomic E-state index is 13.0. The summed E-state index contributed by atoms with van der Waals surface area (Å²) in [7, 11) is 0. The Kier molecular flexibility index (Phi) is 4.02. The third-order valence-electron chi connectivity index (χ3n) is 3.68. The number of benzene rings is 2. The Morgan fingerprint density at radius 1 is 1.11 bits per heavy atom. The molecule has 0 bridgehead atoms. The number of ether oxygens (including phenoxy) is 1. The normalized spacial score (nSPS) is 10.7. The van der Waals surface area contributed by atoms with Crippen LogP contribution in [-0.2, 0) is 0 Å². The van der Waals surface area contributed by atoms with Crippen molar-refractivity contribution in [2.45, 2.75) is 0 Å². The molecule has 0 aliphatic rings. The zero-order valence-corrected chi connectivity index (χ0v) is 14.3. The summed E-state index contributed by atoms with van der Waals surface area (Å²) in [5.41, 5.74) is -0.214. The molecule has 0 aliphatic carbocycles. The molecule has 27 heavy (non-hydrogen) atoms. The van der Waals surface area contributed by atoms with Crippen molar-refractivity contribution in [3.8, 4) is 28.1 Å². The highest BCUT2D eigenvalue weighted by Crippen LogP contribution is 2.32. The van der Waals surface area contributed by atoms with Gasteiger partial charge in [0, 0.05) is 5.56 Å². The number of thiazole rings is 1. The van der Waals surface area contributed by atoms with E-state index in [1.165, 1.54) is 24.3 Å². The molecule has 0 spiro atoms. The van der Waals surface area contributed by atoms with Gasteiger partial charge in [0.25, 0.3) is 5.56 Å². The number of nitrogens with one attached hydrogen (secondary N) is 2. The fourth-order valence-electron chi connectivity index (χ4n) is 2.45. The fraction of sp³-hybridized carbons (Fsp3) is 0. The zero-order chi connectivity index (χ0) is 19.0. The first-order valence-electron chi connectivity index (χ1n) is 7.64. The molecule has 2 aromatic carbocycles. The van der Waals surface area contributed by atoms with E-state index in [0.717, 1.165) is 11.3 Å². The molecule has 0 radical (unpaired) electrons. The first-order valence-corrected chi connectivity index (χ1v) is 8.46. The van der Waals surface area contributed by atoms with E-state index in [1.54, 1.807) is 18.2 Å². The second-order valence-electron chi connectivity index (χ2n) is 5.48. The molecule has 2 N–H and O–H groups in total. The first-order chi connectivity index (χ1) is 13.0. The van der Waals surface area contributed by atoms with Gasteiger partial charge in [-0.3, -0.25) is 14.8 Å².